The number of fused-ring (bicyclic) bond motifs is 1. The zero-order valence-electron chi connectivity index (χ0n) is 17.7. The number of aromatic nitrogens is 2. The quantitative estimate of drug-likeness (QED) is 0.480. The first-order chi connectivity index (χ1) is 14.9. The van der Waals surface area contributed by atoms with Gasteiger partial charge in [0.25, 0.3) is 5.56 Å². The summed E-state index contributed by atoms with van der Waals surface area (Å²) < 4.78 is 3.03. The van der Waals surface area contributed by atoms with E-state index in [9.17, 15) is 14.4 Å². The highest BCUT2D eigenvalue weighted by molar-refractivity contribution is 7.17. The molecule has 0 saturated carbocycles. The minimum absolute atomic E-state index is 0.153. The number of benzene rings is 2. The molecule has 158 valence electrons. The highest BCUT2D eigenvalue weighted by Gasteiger charge is 2.21. The van der Waals surface area contributed by atoms with Crippen LogP contribution in [0.4, 0.5) is 5.69 Å². The molecule has 0 N–H and O–H groups in total. The number of likely N-dealkylation sites (N-methyl/N-ethyl adjacent to an activating group) is 1. The molecule has 0 fully saturated rings. The smallest absolute Gasteiger partial charge is 0.311 e. The maximum atomic E-state index is 13.5. The van der Waals surface area contributed by atoms with E-state index in [1.807, 2.05) is 57.2 Å². The van der Waals surface area contributed by atoms with Gasteiger partial charge < -0.3 is 4.90 Å². The molecule has 0 aliphatic carbocycles. The number of rotatable bonds is 5. The highest BCUT2D eigenvalue weighted by Crippen LogP contribution is 2.20. The third-order valence-electron chi connectivity index (χ3n) is 5.34. The summed E-state index contributed by atoms with van der Waals surface area (Å²) in [7, 11) is 0. The van der Waals surface area contributed by atoms with Crippen molar-refractivity contribution < 1.29 is 4.79 Å². The third-order valence-corrected chi connectivity index (χ3v) is 6.23. The van der Waals surface area contributed by atoms with Gasteiger partial charge in [-0.2, -0.15) is 0 Å². The van der Waals surface area contributed by atoms with Crippen molar-refractivity contribution >= 4 is 33.1 Å². The summed E-state index contributed by atoms with van der Waals surface area (Å²) in [6.45, 7) is 6.05. The molecule has 0 saturated heterocycles. The van der Waals surface area contributed by atoms with Crippen LogP contribution in [0.1, 0.15) is 18.1 Å². The summed E-state index contributed by atoms with van der Waals surface area (Å²) in [6, 6.07) is 16.7. The Hall–Kier alpha value is -3.45. The van der Waals surface area contributed by atoms with Gasteiger partial charge in [-0.25, -0.2) is 9.36 Å². The van der Waals surface area contributed by atoms with Gasteiger partial charge in [0.2, 0.25) is 5.91 Å². The Kier molecular flexibility index (Phi) is 5.61. The first kappa shape index (κ1) is 20.8. The van der Waals surface area contributed by atoms with E-state index >= 15 is 0 Å². The molecule has 31 heavy (non-hydrogen) atoms. The second kappa shape index (κ2) is 8.35. The fourth-order valence-corrected chi connectivity index (χ4v) is 4.61. The third kappa shape index (κ3) is 3.72. The van der Waals surface area contributed by atoms with Gasteiger partial charge in [-0.15, -0.1) is 11.3 Å². The number of hydrogen-bond acceptors (Lipinski definition) is 4. The van der Waals surface area contributed by atoms with Crippen molar-refractivity contribution in [3.63, 3.8) is 0 Å². The molecule has 0 aliphatic heterocycles. The second-order valence-electron chi connectivity index (χ2n) is 7.41. The van der Waals surface area contributed by atoms with Gasteiger partial charge >= 0.3 is 5.69 Å². The van der Waals surface area contributed by atoms with Crippen molar-refractivity contribution in [3.05, 3.63) is 91.9 Å². The Labute approximate surface area is 183 Å². The van der Waals surface area contributed by atoms with Crippen LogP contribution in [0.3, 0.4) is 0 Å². The Balaban J connectivity index is 1.86. The van der Waals surface area contributed by atoms with Crippen molar-refractivity contribution in [3.8, 4) is 5.69 Å². The lowest BCUT2D eigenvalue weighted by atomic mass is 10.2. The van der Waals surface area contributed by atoms with Gasteiger partial charge in [-0.05, 0) is 61.5 Å². The van der Waals surface area contributed by atoms with Crippen LogP contribution in [0, 0.1) is 13.8 Å². The molecule has 0 unspecified atom stereocenters. The van der Waals surface area contributed by atoms with Crippen LogP contribution < -0.4 is 16.1 Å². The molecule has 7 heteroatoms. The first-order valence-corrected chi connectivity index (χ1v) is 11.0. The molecule has 0 spiro atoms. The molecule has 6 nitrogen and oxygen atoms in total. The molecule has 1 amide bonds. The van der Waals surface area contributed by atoms with E-state index in [-0.39, 0.29) is 18.0 Å². The van der Waals surface area contributed by atoms with Gasteiger partial charge in [0.05, 0.1) is 11.2 Å². The average molecular weight is 434 g/mol. The topological polar surface area (TPSA) is 64.3 Å². The SMILES string of the molecule is CCN(C(=O)Cn1c(=O)n(-c2ccccc2C)c(=O)c2sccc21)c1cccc(C)c1. The van der Waals surface area contributed by atoms with Gasteiger partial charge in [0, 0.05) is 12.2 Å². The zero-order chi connectivity index (χ0) is 22.1. The Morgan fingerprint density at radius 1 is 1.03 bits per heavy atom. The first-order valence-electron chi connectivity index (χ1n) is 10.1. The number of nitrogens with zero attached hydrogens (tertiary/aromatic N) is 3. The van der Waals surface area contributed by atoms with Crippen molar-refractivity contribution in [2.24, 2.45) is 0 Å². The van der Waals surface area contributed by atoms with Crippen LogP contribution in [0.5, 0.6) is 0 Å². The molecular weight excluding hydrogens is 410 g/mol. The van der Waals surface area contributed by atoms with Crippen molar-refractivity contribution in [2.45, 2.75) is 27.3 Å². The second-order valence-corrected chi connectivity index (χ2v) is 8.32. The fraction of sp³-hybridized carbons (Fsp3) is 0.208. The number of hydrogen-bond donors (Lipinski definition) is 0. The maximum absolute atomic E-state index is 13.5. The summed E-state index contributed by atoms with van der Waals surface area (Å²) in [4.78, 5) is 41.5. The number of amides is 1. The Morgan fingerprint density at radius 2 is 1.81 bits per heavy atom. The number of carbonyl (C=O) groups excluding carboxylic acids is 1. The lowest BCUT2D eigenvalue weighted by Gasteiger charge is -2.22. The number of carbonyl (C=O) groups is 1. The largest absolute Gasteiger partial charge is 0.336 e. The van der Waals surface area contributed by atoms with Gasteiger partial charge in [-0.3, -0.25) is 14.2 Å². The molecule has 0 atom stereocenters. The predicted molar refractivity (Wildman–Crippen MR) is 126 cm³/mol. The standard InChI is InChI=1S/C24H23N3O3S/c1-4-25(18-10-7-8-16(2)14-18)21(28)15-26-20-12-13-31-22(20)23(29)27(24(26)30)19-11-6-5-9-17(19)3/h5-14H,4,15H2,1-3H3. The average Bonchev–Trinajstić information content (AvgIpc) is 3.23. The van der Waals surface area contributed by atoms with E-state index in [1.54, 1.807) is 28.5 Å². The summed E-state index contributed by atoms with van der Waals surface area (Å²) in [5, 5.41) is 1.77. The van der Waals surface area contributed by atoms with Crippen LogP contribution >= 0.6 is 11.3 Å². The predicted octanol–water partition coefficient (Wildman–Crippen LogP) is 3.88. The summed E-state index contributed by atoms with van der Waals surface area (Å²) in [6.07, 6.45) is 0. The van der Waals surface area contributed by atoms with E-state index in [4.69, 9.17) is 0 Å². The Bertz CT molecular complexity index is 1400. The molecule has 0 radical (unpaired) electrons. The van der Waals surface area contributed by atoms with Crippen LogP contribution in [-0.2, 0) is 11.3 Å². The molecule has 4 aromatic rings. The molecule has 2 heterocycles. The summed E-state index contributed by atoms with van der Waals surface area (Å²) in [5.41, 5.74) is 2.78. The van der Waals surface area contributed by atoms with Crippen LogP contribution in [-0.4, -0.2) is 21.6 Å². The fourth-order valence-electron chi connectivity index (χ4n) is 3.79. The summed E-state index contributed by atoms with van der Waals surface area (Å²) in [5.74, 6) is -0.210. The van der Waals surface area contributed by atoms with E-state index < -0.39 is 5.69 Å². The number of para-hydroxylation sites is 1. The minimum atomic E-state index is -0.515. The minimum Gasteiger partial charge on any atom is -0.311 e. The normalized spacial score (nSPS) is 11.1. The monoisotopic (exact) mass is 433 g/mol. The molecule has 0 aliphatic rings. The Morgan fingerprint density at radius 3 is 2.52 bits per heavy atom. The number of thiophene rings is 1. The highest BCUT2D eigenvalue weighted by atomic mass is 32.1. The van der Waals surface area contributed by atoms with Gasteiger partial charge in [0.1, 0.15) is 11.2 Å². The maximum Gasteiger partial charge on any atom is 0.336 e. The van der Waals surface area contributed by atoms with Gasteiger partial charge in [0.15, 0.2) is 0 Å². The lowest BCUT2D eigenvalue weighted by molar-refractivity contribution is -0.119. The molecule has 2 aromatic heterocycles. The van der Waals surface area contributed by atoms with Crippen molar-refractivity contribution in [1.29, 1.82) is 0 Å². The molecular formula is C24H23N3O3S. The van der Waals surface area contributed by atoms with Crippen molar-refractivity contribution in [2.75, 3.05) is 11.4 Å². The van der Waals surface area contributed by atoms with E-state index in [1.165, 1.54) is 20.5 Å². The van der Waals surface area contributed by atoms with Gasteiger partial charge in [-0.1, -0.05) is 30.3 Å². The number of anilines is 1. The van der Waals surface area contributed by atoms with Crippen LogP contribution in [0.25, 0.3) is 15.9 Å². The van der Waals surface area contributed by atoms with Crippen LogP contribution in [0.2, 0.25) is 0 Å². The molecule has 0 bridgehead atoms. The summed E-state index contributed by atoms with van der Waals surface area (Å²) >= 11 is 1.27. The van der Waals surface area contributed by atoms with E-state index in [2.05, 4.69) is 0 Å². The zero-order valence-corrected chi connectivity index (χ0v) is 18.5. The van der Waals surface area contributed by atoms with Crippen LogP contribution in [0.15, 0.2) is 69.6 Å². The van der Waals surface area contributed by atoms with E-state index in [0.717, 1.165) is 16.8 Å². The number of aryl methyl sites for hydroxylation is 2. The molecule has 2 aromatic carbocycles. The lowest BCUT2D eigenvalue weighted by Crippen LogP contribution is -2.42. The van der Waals surface area contributed by atoms with Crippen molar-refractivity contribution in [1.82, 2.24) is 9.13 Å². The van der Waals surface area contributed by atoms with E-state index in [0.29, 0.717) is 22.4 Å². The molecule has 4 rings (SSSR count).